The summed E-state index contributed by atoms with van der Waals surface area (Å²) in [7, 11) is -4.02. The predicted molar refractivity (Wildman–Crippen MR) is 165 cm³/mol. The molecule has 0 saturated heterocycles. The van der Waals surface area contributed by atoms with Crippen LogP contribution in [0.4, 0.5) is 5.69 Å². The van der Waals surface area contributed by atoms with E-state index in [0.717, 1.165) is 37.4 Å². The lowest BCUT2D eigenvalue weighted by Gasteiger charge is -2.24. The van der Waals surface area contributed by atoms with Gasteiger partial charge in [-0.1, -0.05) is 40.9 Å². The minimum absolute atomic E-state index is 0.0930. The Labute approximate surface area is 248 Å². The quantitative estimate of drug-likeness (QED) is 0.128. The predicted octanol–water partition coefficient (Wildman–Crippen LogP) is 6.78. The molecule has 7 nitrogen and oxygen atoms in total. The normalized spacial score (nSPS) is 11.7. The Balaban J connectivity index is 1.56. The molecule has 3 aromatic carbocycles. The van der Waals surface area contributed by atoms with Crippen LogP contribution in [-0.4, -0.2) is 37.9 Å². The van der Waals surface area contributed by atoms with E-state index in [1.807, 2.05) is 43.7 Å². The fourth-order valence-electron chi connectivity index (χ4n) is 4.19. The van der Waals surface area contributed by atoms with Crippen LogP contribution in [0.1, 0.15) is 22.5 Å². The highest BCUT2D eigenvalue weighted by molar-refractivity contribution is 7.98. The third-order valence-electron chi connectivity index (χ3n) is 6.27. The average molecular weight is 616 g/mol. The lowest BCUT2D eigenvalue weighted by atomic mass is 10.2. The van der Waals surface area contributed by atoms with E-state index in [0.29, 0.717) is 15.7 Å². The second kappa shape index (κ2) is 12.5. The summed E-state index contributed by atoms with van der Waals surface area (Å²) in [4.78, 5) is 14.0. The molecule has 4 rings (SSSR count). The Bertz CT molecular complexity index is 1670. The van der Waals surface area contributed by atoms with Crippen LogP contribution in [0.25, 0.3) is 5.69 Å². The first-order chi connectivity index (χ1) is 19.0. The fraction of sp³-hybridized carbons (Fsp3) is 0.172. The number of hydrazone groups is 1. The van der Waals surface area contributed by atoms with Crippen molar-refractivity contribution < 1.29 is 13.2 Å². The van der Waals surface area contributed by atoms with Crippen molar-refractivity contribution in [3.8, 4) is 5.69 Å². The van der Waals surface area contributed by atoms with E-state index in [9.17, 15) is 13.2 Å². The molecule has 208 valence electrons. The van der Waals surface area contributed by atoms with Gasteiger partial charge in [0.05, 0.1) is 27.5 Å². The van der Waals surface area contributed by atoms with Crippen molar-refractivity contribution in [2.75, 3.05) is 17.1 Å². The highest BCUT2D eigenvalue weighted by Crippen LogP contribution is 2.29. The molecule has 0 bridgehead atoms. The summed E-state index contributed by atoms with van der Waals surface area (Å²) in [6.45, 7) is 5.30. The van der Waals surface area contributed by atoms with E-state index in [2.05, 4.69) is 10.5 Å². The number of carbonyl (C=O) groups excluding carboxylic acids is 1. The number of rotatable bonds is 9. The summed E-state index contributed by atoms with van der Waals surface area (Å²) < 4.78 is 30.2. The number of carbonyl (C=O) groups is 1. The van der Waals surface area contributed by atoms with Gasteiger partial charge in [-0.05, 0) is 87.7 Å². The van der Waals surface area contributed by atoms with Gasteiger partial charge in [0, 0.05) is 26.9 Å². The Morgan fingerprint density at radius 2 is 1.68 bits per heavy atom. The smallest absolute Gasteiger partial charge is 0.264 e. The molecule has 0 aliphatic rings. The van der Waals surface area contributed by atoms with E-state index >= 15 is 0 Å². The highest BCUT2D eigenvalue weighted by Gasteiger charge is 2.27. The van der Waals surface area contributed by atoms with Crippen molar-refractivity contribution in [2.24, 2.45) is 5.10 Å². The standard InChI is InChI=1S/C29H28Cl2N4O3S2/c1-19-5-8-24(9-6-19)34(40(37,38)26-12-10-25(39-4)11-13-26)18-29(36)33-32-17-22-15-20(2)35(21(22)3)28-14-7-23(30)16-27(28)31/h5-17H,18H2,1-4H3,(H,33,36)/b32-17+. The second-order valence-corrected chi connectivity index (χ2v) is 12.7. The molecular formula is C29H28Cl2N4O3S2. The van der Waals surface area contributed by atoms with Crippen molar-refractivity contribution in [1.29, 1.82) is 0 Å². The first kappa shape index (κ1) is 29.7. The monoisotopic (exact) mass is 614 g/mol. The van der Waals surface area contributed by atoms with Gasteiger partial charge in [-0.15, -0.1) is 11.8 Å². The Morgan fingerprint density at radius 3 is 2.30 bits per heavy atom. The largest absolute Gasteiger partial charge is 0.316 e. The average Bonchev–Trinajstić information content (AvgIpc) is 3.20. The van der Waals surface area contributed by atoms with Gasteiger partial charge in [-0.25, -0.2) is 13.8 Å². The van der Waals surface area contributed by atoms with Crippen LogP contribution in [0.2, 0.25) is 10.0 Å². The van der Waals surface area contributed by atoms with E-state index in [1.165, 1.54) is 18.0 Å². The van der Waals surface area contributed by atoms with Gasteiger partial charge in [0.15, 0.2) is 0 Å². The molecule has 0 atom stereocenters. The fourth-order valence-corrected chi connectivity index (χ4v) is 6.51. The molecule has 1 aromatic heterocycles. The SMILES string of the molecule is CSc1ccc(S(=O)(=O)N(CC(=O)N/N=C/c2cc(C)n(-c3ccc(Cl)cc3Cl)c2C)c2ccc(C)cc2)cc1. The van der Waals surface area contributed by atoms with Crippen molar-refractivity contribution in [3.05, 3.63) is 105 Å². The lowest BCUT2D eigenvalue weighted by molar-refractivity contribution is -0.119. The van der Waals surface area contributed by atoms with E-state index in [1.54, 1.807) is 60.7 Å². The molecule has 0 aliphatic heterocycles. The zero-order valence-electron chi connectivity index (χ0n) is 22.4. The van der Waals surface area contributed by atoms with Crippen molar-refractivity contribution >= 4 is 62.8 Å². The minimum Gasteiger partial charge on any atom is -0.316 e. The van der Waals surface area contributed by atoms with Crippen LogP contribution < -0.4 is 9.73 Å². The van der Waals surface area contributed by atoms with Crippen LogP contribution in [0.3, 0.4) is 0 Å². The van der Waals surface area contributed by atoms with Gasteiger partial charge in [0.2, 0.25) is 0 Å². The number of amides is 1. The number of halogens is 2. The molecule has 0 radical (unpaired) electrons. The molecule has 1 heterocycles. The number of aryl methyl sites for hydroxylation is 2. The zero-order chi connectivity index (χ0) is 29.0. The van der Waals surface area contributed by atoms with Gasteiger partial charge in [0.1, 0.15) is 6.54 Å². The van der Waals surface area contributed by atoms with Gasteiger partial charge >= 0.3 is 0 Å². The Hall–Kier alpha value is -3.24. The second-order valence-electron chi connectivity index (χ2n) is 9.07. The molecule has 0 aliphatic carbocycles. The number of nitrogens with one attached hydrogen (secondary N) is 1. The van der Waals surface area contributed by atoms with Crippen molar-refractivity contribution in [3.63, 3.8) is 0 Å². The Kier molecular flexibility index (Phi) is 9.30. The summed E-state index contributed by atoms with van der Waals surface area (Å²) in [6, 6.07) is 20.7. The number of hydrogen-bond acceptors (Lipinski definition) is 5. The summed E-state index contributed by atoms with van der Waals surface area (Å²) >= 11 is 14.0. The molecule has 0 saturated carbocycles. The topological polar surface area (TPSA) is 83.8 Å². The molecule has 0 unspecified atom stereocenters. The van der Waals surface area contributed by atoms with Gasteiger partial charge in [-0.2, -0.15) is 5.10 Å². The van der Waals surface area contributed by atoms with Gasteiger partial charge < -0.3 is 4.57 Å². The Morgan fingerprint density at radius 1 is 1.00 bits per heavy atom. The maximum atomic E-state index is 13.6. The zero-order valence-corrected chi connectivity index (χ0v) is 25.5. The maximum absolute atomic E-state index is 13.6. The maximum Gasteiger partial charge on any atom is 0.264 e. The number of benzene rings is 3. The summed E-state index contributed by atoms with van der Waals surface area (Å²) in [5, 5.41) is 5.16. The first-order valence-corrected chi connectivity index (χ1v) is 15.6. The molecule has 0 spiro atoms. The molecule has 40 heavy (non-hydrogen) atoms. The molecule has 1 N–H and O–H groups in total. The molecule has 0 fully saturated rings. The summed E-state index contributed by atoms with van der Waals surface area (Å²) in [6.07, 6.45) is 3.43. The van der Waals surface area contributed by atoms with Crippen LogP contribution >= 0.6 is 35.0 Å². The van der Waals surface area contributed by atoms with Crippen molar-refractivity contribution in [1.82, 2.24) is 9.99 Å². The minimum atomic E-state index is -4.02. The highest BCUT2D eigenvalue weighted by atomic mass is 35.5. The lowest BCUT2D eigenvalue weighted by Crippen LogP contribution is -2.39. The van der Waals surface area contributed by atoms with Crippen LogP contribution in [0.5, 0.6) is 0 Å². The molecule has 11 heteroatoms. The van der Waals surface area contributed by atoms with E-state index in [-0.39, 0.29) is 4.90 Å². The number of thioether (sulfide) groups is 1. The molecular weight excluding hydrogens is 587 g/mol. The number of anilines is 1. The number of sulfonamides is 1. The molecule has 1 amide bonds. The van der Waals surface area contributed by atoms with Crippen LogP contribution in [0.15, 0.2) is 87.7 Å². The van der Waals surface area contributed by atoms with Crippen LogP contribution in [0, 0.1) is 20.8 Å². The third kappa shape index (κ3) is 6.55. The number of hydrogen-bond donors (Lipinski definition) is 1. The first-order valence-electron chi connectivity index (χ1n) is 12.2. The van der Waals surface area contributed by atoms with E-state index < -0.39 is 22.5 Å². The summed E-state index contributed by atoms with van der Waals surface area (Å²) in [5.41, 5.74) is 7.12. The van der Waals surface area contributed by atoms with Gasteiger partial charge in [0.25, 0.3) is 15.9 Å². The van der Waals surface area contributed by atoms with Crippen molar-refractivity contribution in [2.45, 2.75) is 30.6 Å². The number of aromatic nitrogens is 1. The summed E-state index contributed by atoms with van der Waals surface area (Å²) in [5.74, 6) is -0.587. The third-order valence-corrected chi connectivity index (χ3v) is 9.34. The number of nitrogens with zero attached hydrogens (tertiary/aromatic N) is 3. The van der Waals surface area contributed by atoms with Gasteiger partial charge in [-0.3, -0.25) is 9.10 Å². The van der Waals surface area contributed by atoms with E-state index in [4.69, 9.17) is 23.2 Å². The molecule has 4 aromatic rings. The van der Waals surface area contributed by atoms with Crippen LogP contribution in [-0.2, 0) is 14.8 Å².